The highest BCUT2D eigenvalue weighted by Crippen LogP contribution is 2.44. The Morgan fingerprint density at radius 1 is 1.03 bits per heavy atom. The molecule has 0 radical (unpaired) electrons. The van der Waals surface area contributed by atoms with Crippen LogP contribution in [0.2, 0.25) is 5.02 Å². The zero-order valence-corrected chi connectivity index (χ0v) is 17.4. The van der Waals surface area contributed by atoms with Crippen LogP contribution in [0, 0.1) is 0 Å². The molecule has 1 N–H and O–H groups in total. The first-order chi connectivity index (χ1) is 15.0. The minimum absolute atomic E-state index is 0.0861. The molecule has 2 heterocycles. The van der Waals surface area contributed by atoms with Gasteiger partial charge in [-0.1, -0.05) is 11.6 Å². The molecule has 3 aromatic rings. The second-order valence-electron chi connectivity index (χ2n) is 6.73. The Bertz CT molecular complexity index is 1170. The monoisotopic (exact) mass is 439 g/mol. The number of rotatable bonds is 5. The van der Waals surface area contributed by atoms with E-state index in [4.69, 9.17) is 25.5 Å². The Hall–Kier alpha value is -3.71. The quantitative estimate of drug-likeness (QED) is 0.355. The van der Waals surface area contributed by atoms with Gasteiger partial charge in [-0.2, -0.15) is 0 Å². The molecule has 1 aliphatic rings. The van der Waals surface area contributed by atoms with Crippen LogP contribution in [0.1, 0.15) is 17.4 Å². The van der Waals surface area contributed by atoms with Gasteiger partial charge in [-0.3, -0.25) is 14.5 Å². The number of ketones is 1. The van der Waals surface area contributed by atoms with Crippen LogP contribution in [0.3, 0.4) is 0 Å². The van der Waals surface area contributed by atoms with E-state index in [0.717, 1.165) is 0 Å². The number of aliphatic hydroxyl groups excluding tert-OH is 1. The molecule has 0 aliphatic carbocycles. The topological polar surface area (TPSA) is 89.2 Å². The lowest BCUT2D eigenvalue weighted by Crippen LogP contribution is -2.29. The Morgan fingerprint density at radius 2 is 1.74 bits per heavy atom. The Kier molecular flexibility index (Phi) is 5.44. The summed E-state index contributed by atoms with van der Waals surface area (Å²) in [4.78, 5) is 27.4. The maximum atomic E-state index is 13.1. The number of hydrogen-bond acceptors (Lipinski definition) is 6. The van der Waals surface area contributed by atoms with Crippen LogP contribution in [0.4, 0.5) is 5.69 Å². The van der Waals surface area contributed by atoms with E-state index < -0.39 is 17.7 Å². The van der Waals surface area contributed by atoms with Crippen molar-refractivity contribution in [1.29, 1.82) is 0 Å². The minimum atomic E-state index is -0.969. The van der Waals surface area contributed by atoms with Gasteiger partial charge < -0.3 is 19.0 Å². The smallest absolute Gasteiger partial charge is 0.300 e. The summed E-state index contributed by atoms with van der Waals surface area (Å²) in [7, 11) is 2.97. The molecule has 4 rings (SSSR count). The zero-order valence-electron chi connectivity index (χ0n) is 16.7. The number of carbonyl (C=O) groups is 2. The molecule has 1 atom stereocenters. The molecule has 1 saturated heterocycles. The van der Waals surface area contributed by atoms with Gasteiger partial charge in [0.15, 0.2) is 11.5 Å². The number of benzene rings is 2. The molecule has 1 aliphatic heterocycles. The highest BCUT2D eigenvalue weighted by molar-refractivity contribution is 6.51. The van der Waals surface area contributed by atoms with E-state index >= 15 is 0 Å². The SMILES string of the molecule is COc1ccc(N2C(=O)C(=O)/C(=C(\O)c3ccc(Cl)cc3)C2c2ccco2)cc1OC. The number of ether oxygens (including phenoxy) is 2. The summed E-state index contributed by atoms with van der Waals surface area (Å²) >= 11 is 5.93. The molecule has 8 heteroatoms. The average Bonchev–Trinajstić information content (AvgIpc) is 3.40. The van der Waals surface area contributed by atoms with Gasteiger partial charge in [-0.05, 0) is 48.5 Å². The van der Waals surface area contributed by atoms with E-state index in [1.807, 2.05) is 0 Å². The highest BCUT2D eigenvalue weighted by Gasteiger charge is 2.48. The molecule has 1 unspecified atom stereocenters. The lowest BCUT2D eigenvalue weighted by molar-refractivity contribution is -0.132. The van der Waals surface area contributed by atoms with Gasteiger partial charge in [0.25, 0.3) is 11.7 Å². The van der Waals surface area contributed by atoms with Gasteiger partial charge in [0.05, 0.1) is 26.1 Å². The van der Waals surface area contributed by atoms with Gasteiger partial charge in [-0.25, -0.2) is 0 Å². The van der Waals surface area contributed by atoms with E-state index in [0.29, 0.717) is 33.5 Å². The first-order valence-electron chi connectivity index (χ1n) is 9.28. The Morgan fingerprint density at radius 3 is 2.35 bits per heavy atom. The van der Waals surface area contributed by atoms with Gasteiger partial charge in [0, 0.05) is 22.3 Å². The minimum Gasteiger partial charge on any atom is -0.507 e. The number of Topliss-reactive ketones (excluding diaryl/α,β-unsaturated/α-hetero) is 1. The van der Waals surface area contributed by atoms with Crippen LogP contribution in [0.25, 0.3) is 5.76 Å². The largest absolute Gasteiger partial charge is 0.507 e. The molecule has 158 valence electrons. The van der Waals surface area contributed by atoms with Crippen molar-refractivity contribution in [3.63, 3.8) is 0 Å². The summed E-state index contributed by atoms with van der Waals surface area (Å²) in [6, 6.07) is 13.5. The number of anilines is 1. The predicted octanol–water partition coefficient (Wildman–Crippen LogP) is 4.58. The van der Waals surface area contributed by atoms with Crippen LogP contribution in [0.5, 0.6) is 11.5 Å². The summed E-state index contributed by atoms with van der Waals surface area (Å²) in [6.07, 6.45) is 1.44. The summed E-state index contributed by atoms with van der Waals surface area (Å²) < 4.78 is 16.1. The van der Waals surface area contributed by atoms with Crippen LogP contribution < -0.4 is 14.4 Å². The molecule has 2 aromatic carbocycles. The summed E-state index contributed by atoms with van der Waals surface area (Å²) in [5.41, 5.74) is 0.652. The fraction of sp³-hybridized carbons (Fsp3) is 0.130. The molecule has 0 saturated carbocycles. The van der Waals surface area contributed by atoms with Gasteiger partial charge in [0.1, 0.15) is 17.6 Å². The molecule has 7 nitrogen and oxygen atoms in total. The van der Waals surface area contributed by atoms with E-state index in [9.17, 15) is 14.7 Å². The van der Waals surface area contributed by atoms with E-state index in [-0.39, 0.29) is 11.3 Å². The van der Waals surface area contributed by atoms with Crippen molar-refractivity contribution in [3.8, 4) is 11.5 Å². The first-order valence-corrected chi connectivity index (χ1v) is 9.66. The number of nitrogens with zero attached hydrogens (tertiary/aromatic N) is 1. The number of carbonyl (C=O) groups excluding carboxylic acids is 2. The van der Waals surface area contributed by atoms with E-state index in [1.54, 1.807) is 54.6 Å². The molecule has 0 spiro atoms. The Balaban J connectivity index is 1.90. The van der Waals surface area contributed by atoms with Crippen molar-refractivity contribution < 1.29 is 28.6 Å². The molecule has 31 heavy (non-hydrogen) atoms. The van der Waals surface area contributed by atoms with Gasteiger partial charge in [-0.15, -0.1) is 0 Å². The first kappa shape index (κ1) is 20.6. The normalized spacial score (nSPS) is 17.8. The van der Waals surface area contributed by atoms with Crippen molar-refractivity contribution in [2.75, 3.05) is 19.1 Å². The zero-order chi connectivity index (χ0) is 22.1. The van der Waals surface area contributed by atoms with E-state index in [1.165, 1.54) is 25.4 Å². The fourth-order valence-electron chi connectivity index (χ4n) is 3.55. The van der Waals surface area contributed by atoms with Crippen LogP contribution >= 0.6 is 11.6 Å². The standard InChI is InChI=1S/C23H18ClNO6/c1-29-16-10-9-15(12-18(16)30-2)25-20(17-4-3-11-31-17)19(22(27)23(25)28)21(26)13-5-7-14(24)8-6-13/h3-12,20,26H,1-2H3/b21-19-. The average molecular weight is 440 g/mol. The molecular weight excluding hydrogens is 422 g/mol. The second-order valence-corrected chi connectivity index (χ2v) is 7.17. The lowest BCUT2D eigenvalue weighted by atomic mass is 9.99. The number of aliphatic hydroxyl groups is 1. The number of furan rings is 1. The number of methoxy groups -OCH3 is 2. The summed E-state index contributed by atoms with van der Waals surface area (Å²) in [5.74, 6) is -0.770. The third-order valence-electron chi connectivity index (χ3n) is 5.02. The molecule has 1 aromatic heterocycles. The number of hydrogen-bond donors (Lipinski definition) is 1. The molecule has 1 fully saturated rings. The van der Waals surface area contributed by atoms with Crippen LogP contribution in [-0.2, 0) is 9.59 Å². The maximum Gasteiger partial charge on any atom is 0.300 e. The predicted molar refractivity (Wildman–Crippen MR) is 114 cm³/mol. The van der Waals surface area contributed by atoms with Gasteiger partial charge in [0.2, 0.25) is 0 Å². The van der Waals surface area contributed by atoms with Gasteiger partial charge >= 0.3 is 0 Å². The molecular formula is C23H18ClNO6. The lowest BCUT2D eigenvalue weighted by Gasteiger charge is -2.24. The van der Waals surface area contributed by atoms with Crippen molar-refractivity contribution >= 4 is 34.7 Å². The van der Waals surface area contributed by atoms with Crippen molar-refractivity contribution in [2.45, 2.75) is 6.04 Å². The third kappa shape index (κ3) is 3.53. The molecule has 0 bridgehead atoms. The van der Waals surface area contributed by atoms with E-state index in [2.05, 4.69) is 0 Å². The summed E-state index contributed by atoms with van der Waals surface area (Å²) in [5, 5.41) is 11.4. The Labute approximate surface area is 183 Å². The third-order valence-corrected chi connectivity index (χ3v) is 5.27. The van der Waals surface area contributed by atoms with Crippen LogP contribution in [-0.4, -0.2) is 31.0 Å². The van der Waals surface area contributed by atoms with Crippen molar-refractivity contribution in [3.05, 3.63) is 82.8 Å². The maximum absolute atomic E-state index is 13.1. The highest BCUT2D eigenvalue weighted by atomic mass is 35.5. The summed E-state index contributed by atoms with van der Waals surface area (Å²) in [6.45, 7) is 0. The fourth-order valence-corrected chi connectivity index (χ4v) is 3.68. The van der Waals surface area contributed by atoms with Crippen LogP contribution in [0.15, 0.2) is 70.9 Å². The number of halogens is 1. The second kappa shape index (κ2) is 8.20. The number of amides is 1. The molecule has 1 amide bonds. The van der Waals surface area contributed by atoms with Crippen molar-refractivity contribution in [2.24, 2.45) is 0 Å². The van der Waals surface area contributed by atoms with Crippen molar-refractivity contribution in [1.82, 2.24) is 0 Å².